The standard InChI is InChI=1S/C22H30O7/c1-6-25-17-19(5)22(15(29-22)14-21(17,28-14)11(2)3)18(4)8-7-12-13(9-26-16(12)23)20(18,24)10-27-19/h11,14-15,17,24H,6-10H2,1-5H3. The Kier molecular flexibility index (Phi) is 3.28. The largest absolute Gasteiger partial charge is 0.458 e. The van der Waals surface area contributed by atoms with Gasteiger partial charge in [0.15, 0.2) is 0 Å². The third-order valence-electron chi connectivity index (χ3n) is 9.18. The Labute approximate surface area is 170 Å². The molecule has 160 valence electrons. The van der Waals surface area contributed by atoms with Gasteiger partial charge in [0, 0.05) is 23.2 Å². The van der Waals surface area contributed by atoms with E-state index in [0.29, 0.717) is 30.6 Å². The Bertz CT molecular complexity index is 852. The van der Waals surface area contributed by atoms with Gasteiger partial charge in [0.1, 0.15) is 47.3 Å². The Morgan fingerprint density at radius 2 is 2.00 bits per heavy atom. The van der Waals surface area contributed by atoms with Crippen LogP contribution in [0.5, 0.6) is 0 Å². The average molecular weight is 406 g/mol. The molecule has 2 aliphatic carbocycles. The molecular formula is C22H30O7. The SMILES string of the molecule is CCOC1C2(C(C)C)OC2C2OC23C1(C)OCC1(O)C2=C(CCC13C)C(=O)OC2. The minimum absolute atomic E-state index is 0.0632. The van der Waals surface area contributed by atoms with E-state index in [2.05, 4.69) is 27.7 Å². The predicted octanol–water partition coefficient (Wildman–Crippen LogP) is 1.51. The Hall–Kier alpha value is -0.990. The van der Waals surface area contributed by atoms with E-state index in [1.165, 1.54) is 0 Å². The van der Waals surface area contributed by atoms with Gasteiger partial charge in [-0.25, -0.2) is 4.79 Å². The molecule has 1 saturated carbocycles. The Balaban J connectivity index is 1.51. The fourth-order valence-electron chi connectivity index (χ4n) is 7.52. The first-order valence-electron chi connectivity index (χ1n) is 10.9. The molecule has 0 aromatic carbocycles. The van der Waals surface area contributed by atoms with Crippen molar-refractivity contribution in [2.75, 3.05) is 19.8 Å². The summed E-state index contributed by atoms with van der Waals surface area (Å²) in [5, 5.41) is 12.0. The third kappa shape index (κ3) is 1.66. The fourth-order valence-corrected chi connectivity index (χ4v) is 7.52. The molecule has 4 fully saturated rings. The molecule has 0 aromatic heterocycles. The van der Waals surface area contributed by atoms with E-state index in [9.17, 15) is 9.90 Å². The highest BCUT2D eigenvalue weighted by atomic mass is 16.7. The highest BCUT2D eigenvalue weighted by molar-refractivity contribution is 5.92. The van der Waals surface area contributed by atoms with E-state index in [4.69, 9.17) is 23.7 Å². The molecule has 8 unspecified atom stereocenters. The molecule has 0 amide bonds. The van der Waals surface area contributed by atoms with Crippen molar-refractivity contribution in [3.8, 4) is 0 Å². The molecule has 0 bridgehead atoms. The van der Waals surface area contributed by atoms with Gasteiger partial charge in [-0.1, -0.05) is 20.8 Å². The lowest BCUT2D eigenvalue weighted by atomic mass is 9.47. The zero-order valence-corrected chi connectivity index (χ0v) is 17.7. The topological polar surface area (TPSA) is 90.0 Å². The van der Waals surface area contributed by atoms with Gasteiger partial charge >= 0.3 is 5.97 Å². The van der Waals surface area contributed by atoms with Gasteiger partial charge in [-0.05, 0) is 32.6 Å². The van der Waals surface area contributed by atoms with E-state index in [1.54, 1.807) is 0 Å². The summed E-state index contributed by atoms with van der Waals surface area (Å²) >= 11 is 0. The number of fused-ring (bicyclic) bond motifs is 4. The fraction of sp³-hybridized carbons (Fsp3) is 0.864. The molecule has 4 aliphatic heterocycles. The van der Waals surface area contributed by atoms with Crippen molar-refractivity contribution in [2.24, 2.45) is 11.3 Å². The van der Waals surface area contributed by atoms with Crippen molar-refractivity contribution in [3.63, 3.8) is 0 Å². The van der Waals surface area contributed by atoms with Crippen LogP contribution in [0, 0.1) is 11.3 Å². The number of cyclic esters (lactones) is 1. The maximum atomic E-state index is 12.2. The molecule has 6 rings (SSSR count). The second-order valence-electron chi connectivity index (χ2n) is 10.3. The minimum Gasteiger partial charge on any atom is -0.458 e. The molecule has 7 heteroatoms. The van der Waals surface area contributed by atoms with Gasteiger partial charge in [-0.3, -0.25) is 0 Å². The maximum absolute atomic E-state index is 12.2. The molecule has 6 aliphatic rings. The second-order valence-corrected chi connectivity index (χ2v) is 10.3. The van der Waals surface area contributed by atoms with Gasteiger partial charge in [-0.2, -0.15) is 0 Å². The molecule has 7 nitrogen and oxygen atoms in total. The number of carbonyl (C=O) groups excluding carboxylic acids is 1. The van der Waals surface area contributed by atoms with Crippen molar-refractivity contribution in [3.05, 3.63) is 11.1 Å². The van der Waals surface area contributed by atoms with Crippen LogP contribution in [0.1, 0.15) is 47.5 Å². The molecule has 1 N–H and O–H groups in total. The lowest BCUT2D eigenvalue weighted by Gasteiger charge is -2.63. The predicted molar refractivity (Wildman–Crippen MR) is 100 cm³/mol. The first kappa shape index (κ1) is 18.8. The second kappa shape index (κ2) is 5.07. The number of hydrogen-bond donors (Lipinski definition) is 1. The first-order valence-corrected chi connectivity index (χ1v) is 10.9. The van der Waals surface area contributed by atoms with Crippen LogP contribution in [-0.4, -0.2) is 71.6 Å². The lowest BCUT2D eigenvalue weighted by Crippen LogP contribution is -2.79. The number of aliphatic hydroxyl groups is 1. The lowest BCUT2D eigenvalue weighted by molar-refractivity contribution is -0.302. The molecule has 0 radical (unpaired) electrons. The smallest absolute Gasteiger partial charge is 0.334 e. The van der Waals surface area contributed by atoms with Gasteiger partial charge in [0.25, 0.3) is 0 Å². The van der Waals surface area contributed by atoms with Crippen molar-refractivity contribution in [1.82, 2.24) is 0 Å². The van der Waals surface area contributed by atoms with Crippen molar-refractivity contribution in [2.45, 2.75) is 88.2 Å². The van der Waals surface area contributed by atoms with Gasteiger partial charge < -0.3 is 28.8 Å². The van der Waals surface area contributed by atoms with Crippen LogP contribution in [0.25, 0.3) is 0 Å². The Morgan fingerprint density at radius 1 is 1.24 bits per heavy atom. The van der Waals surface area contributed by atoms with Crippen LogP contribution in [0.15, 0.2) is 11.1 Å². The van der Waals surface area contributed by atoms with E-state index in [-0.39, 0.29) is 43.4 Å². The van der Waals surface area contributed by atoms with Crippen LogP contribution < -0.4 is 0 Å². The summed E-state index contributed by atoms with van der Waals surface area (Å²) in [6, 6.07) is 0. The summed E-state index contributed by atoms with van der Waals surface area (Å²) in [6.45, 7) is 11.2. The van der Waals surface area contributed by atoms with E-state index >= 15 is 0 Å². The molecule has 8 atom stereocenters. The van der Waals surface area contributed by atoms with E-state index < -0.39 is 27.8 Å². The Morgan fingerprint density at radius 3 is 2.69 bits per heavy atom. The highest BCUT2D eigenvalue weighted by Gasteiger charge is 2.95. The monoisotopic (exact) mass is 406 g/mol. The molecular weight excluding hydrogens is 376 g/mol. The van der Waals surface area contributed by atoms with Crippen LogP contribution in [0.2, 0.25) is 0 Å². The zero-order chi connectivity index (χ0) is 20.6. The average Bonchev–Trinajstić information content (AvgIpc) is 3.55. The first-order chi connectivity index (χ1) is 13.6. The van der Waals surface area contributed by atoms with Crippen LogP contribution in [0.3, 0.4) is 0 Å². The number of epoxide rings is 2. The van der Waals surface area contributed by atoms with Crippen molar-refractivity contribution < 1.29 is 33.6 Å². The number of esters is 1. The quantitative estimate of drug-likeness (QED) is 0.561. The van der Waals surface area contributed by atoms with E-state index in [0.717, 1.165) is 0 Å². The molecule has 4 heterocycles. The normalized spacial score (nSPS) is 56.8. The van der Waals surface area contributed by atoms with E-state index in [1.807, 2.05) is 6.92 Å². The summed E-state index contributed by atoms with van der Waals surface area (Å²) in [5.41, 5.74) is -2.55. The number of hydrogen-bond acceptors (Lipinski definition) is 7. The molecule has 29 heavy (non-hydrogen) atoms. The summed E-state index contributed by atoms with van der Waals surface area (Å²) in [7, 11) is 0. The molecule has 1 spiro atoms. The summed E-state index contributed by atoms with van der Waals surface area (Å²) in [6.07, 6.45) is 0.714. The summed E-state index contributed by atoms with van der Waals surface area (Å²) in [5.74, 6) is -0.0587. The van der Waals surface area contributed by atoms with Crippen molar-refractivity contribution in [1.29, 1.82) is 0 Å². The highest BCUT2D eigenvalue weighted by Crippen LogP contribution is 2.78. The van der Waals surface area contributed by atoms with Crippen molar-refractivity contribution >= 4 is 5.97 Å². The summed E-state index contributed by atoms with van der Waals surface area (Å²) < 4.78 is 31.1. The van der Waals surface area contributed by atoms with Gasteiger partial charge in [0.2, 0.25) is 0 Å². The molecule has 3 saturated heterocycles. The number of ether oxygens (including phenoxy) is 5. The summed E-state index contributed by atoms with van der Waals surface area (Å²) in [4.78, 5) is 12.2. The number of rotatable bonds is 3. The zero-order valence-electron chi connectivity index (χ0n) is 17.7. The minimum atomic E-state index is -1.30. The van der Waals surface area contributed by atoms with Crippen LogP contribution in [0.4, 0.5) is 0 Å². The van der Waals surface area contributed by atoms with Crippen LogP contribution >= 0.6 is 0 Å². The third-order valence-corrected chi connectivity index (χ3v) is 9.18. The van der Waals surface area contributed by atoms with Gasteiger partial charge in [-0.15, -0.1) is 0 Å². The van der Waals surface area contributed by atoms with Crippen LogP contribution in [-0.2, 0) is 28.5 Å². The number of carbonyl (C=O) groups is 1. The molecule has 0 aromatic rings. The van der Waals surface area contributed by atoms with Gasteiger partial charge in [0.05, 0.1) is 6.61 Å². The maximum Gasteiger partial charge on any atom is 0.334 e.